The second-order valence-electron chi connectivity index (χ2n) is 5.22. The zero-order valence-electron chi connectivity index (χ0n) is 13.2. The molecule has 0 atom stereocenters. The minimum Gasteiger partial charge on any atom is -0.481 e. The molecule has 1 fully saturated rings. The largest absolute Gasteiger partial charge is 0.481 e. The number of amides is 1. The summed E-state index contributed by atoms with van der Waals surface area (Å²) in [6.45, 7) is -0.455. The molecule has 1 N–H and O–H groups in total. The Morgan fingerprint density at radius 3 is 2.77 bits per heavy atom. The first-order valence-corrected chi connectivity index (χ1v) is 9.44. The minimum absolute atomic E-state index is 0.230. The molecule has 0 bridgehead atoms. The van der Waals surface area contributed by atoms with Crippen LogP contribution in [-0.2, 0) is 9.59 Å². The molecule has 1 heterocycles. The lowest BCUT2D eigenvalue weighted by atomic mass is 10.2. The minimum atomic E-state index is -1.07. The number of aliphatic carboxylic acids is 1. The Kier molecular flexibility index (Phi) is 5.75. The van der Waals surface area contributed by atoms with Gasteiger partial charge in [-0.25, -0.2) is 4.79 Å². The van der Waals surface area contributed by atoms with Crippen LogP contribution in [0.5, 0.6) is 5.75 Å². The number of carboxylic acids is 1. The number of thioether (sulfide) groups is 1. The van der Waals surface area contributed by atoms with Gasteiger partial charge in [-0.15, -0.1) is 0 Å². The van der Waals surface area contributed by atoms with Crippen molar-refractivity contribution in [2.24, 2.45) is 0 Å². The Hall–Kier alpha value is -2.16. The number of halogens is 1. The molecule has 2 aromatic rings. The molecule has 26 heavy (non-hydrogen) atoms. The molecule has 0 unspecified atom stereocenters. The van der Waals surface area contributed by atoms with Gasteiger partial charge in [0.1, 0.15) is 5.75 Å². The Morgan fingerprint density at radius 2 is 2.04 bits per heavy atom. The van der Waals surface area contributed by atoms with E-state index in [9.17, 15) is 9.59 Å². The molecular weight excluding hydrogens is 438 g/mol. The molecule has 5 nitrogen and oxygen atoms in total. The van der Waals surface area contributed by atoms with E-state index in [-0.39, 0.29) is 5.91 Å². The van der Waals surface area contributed by atoms with Gasteiger partial charge in [-0.3, -0.25) is 9.69 Å². The first-order valence-electron chi connectivity index (χ1n) is 7.43. The van der Waals surface area contributed by atoms with E-state index < -0.39 is 12.6 Å². The van der Waals surface area contributed by atoms with Crippen molar-refractivity contribution < 1.29 is 19.4 Å². The quantitative estimate of drug-likeness (QED) is 0.541. The molecule has 1 amide bonds. The maximum atomic E-state index is 12.8. The van der Waals surface area contributed by atoms with E-state index in [0.29, 0.717) is 26.2 Å². The molecule has 0 spiro atoms. The predicted molar refractivity (Wildman–Crippen MR) is 109 cm³/mol. The maximum Gasteiger partial charge on any atom is 0.341 e. The van der Waals surface area contributed by atoms with E-state index in [1.165, 1.54) is 16.7 Å². The maximum absolute atomic E-state index is 12.8. The van der Waals surface area contributed by atoms with Gasteiger partial charge in [0.25, 0.3) is 5.91 Å². The van der Waals surface area contributed by atoms with Crippen LogP contribution in [0, 0.1) is 0 Å². The van der Waals surface area contributed by atoms with E-state index in [1.807, 2.05) is 24.3 Å². The fourth-order valence-electron chi connectivity index (χ4n) is 2.32. The summed E-state index contributed by atoms with van der Waals surface area (Å²) in [5.74, 6) is -0.908. The van der Waals surface area contributed by atoms with E-state index in [1.54, 1.807) is 30.3 Å². The Bertz CT molecular complexity index is 929. The number of carboxylic acid groups (broad SMARTS) is 1. The van der Waals surface area contributed by atoms with Crippen LogP contribution < -0.4 is 9.64 Å². The lowest BCUT2D eigenvalue weighted by Gasteiger charge is -2.14. The van der Waals surface area contributed by atoms with Gasteiger partial charge in [-0.2, -0.15) is 0 Å². The second-order valence-corrected chi connectivity index (χ2v) is 7.81. The zero-order chi connectivity index (χ0) is 18.7. The molecule has 1 aliphatic rings. The van der Waals surface area contributed by atoms with Gasteiger partial charge in [-0.1, -0.05) is 64.2 Å². The van der Waals surface area contributed by atoms with E-state index in [4.69, 9.17) is 22.1 Å². The molecule has 1 saturated heterocycles. The number of carbonyl (C=O) groups is 2. The topological polar surface area (TPSA) is 66.8 Å². The van der Waals surface area contributed by atoms with Crippen LogP contribution in [0.4, 0.5) is 5.69 Å². The number of hydrogen-bond donors (Lipinski definition) is 1. The Balaban J connectivity index is 1.90. The molecule has 3 rings (SSSR count). The summed E-state index contributed by atoms with van der Waals surface area (Å²) < 4.78 is 6.56. The van der Waals surface area contributed by atoms with E-state index in [0.717, 1.165) is 4.47 Å². The summed E-state index contributed by atoms with van der Waals surface area (Å²) >= 11 is 9.94. The van der Waals surface area contributed by atoms with Gasteiger partial charge in [0.05, 0.1) is 10.6 Å². The number of para-hydroxylation sites is 1. The Labute approximate surface area is 167 Å². The standard InChI is InChI=1S/C18H12BrNO4S2/c19-12-5-3-6-13(9-12)20-17(23)15(26-18(20)25)8-11-4-1-2-7-14(11)24-10-16(21)22/h1-9H,10H2,(H,21,22)/b15-8+. The number of ether oxygens (including phenoxy) is 1. The molecule has 0 radical (unpaired) electrons. The molecule has 0 aromatic heterocycles. The Morgan fingerprint density at radius 1 is 1.27 bits per heavy atom. The van der Waals surface area contributed by atoms with Gasteiger partial charge >= 0.3 is 5.97 Å². The molecule has 0 aliphatic carbocycles. The highest BCUT2D eigenvalue weighted by Crippen LogP contribution is 2.37. The molecule has 0 saturated carbocycles. The molecule has 132 valence electrons. The fourth-order valence-corrected chi connectivity index (χ4v) is 3.99. The average Bonchev–Trinajstić information content (AvgIpc) is 2.87. The summed E-state index contributed by atoms with van der Waals surface area (Å²) in [5, 5.41) is 8.78. The number of anilines is 1. The van der Waals surface area contributed by atoms with Gasteiger partial charge in [-0.05, 0) is 30.3 Å². The van der Waals surface area contributed by atoms with Crippen LogP contribution in [0.25, 0.3) is 6.08 Å². The highest BCUT2D eigenvalue weighted by atomic mass is 79.9. The summed E-state index contributed by atoms with van der Waals surface area (Å²) in [6, 6.07) is 14.3. The summed E-state index contributed by atoms with van der Waals surface area (Å²) in [6.07, 6.45) is 1.66. The van der Waals surface area contributed by atoms with E-state index in [2.05, 4.69) is 15.9 Å². The highest BCUT2D eigenvalue weighted by molar-refractivity contribution is 9.10. The molecule has 8 heteroatoms. The van der Waals surface area contributed by atoms with Crippen molar-refractivity contribution in [2.75, 3.05) is 11.5 Å². The van der Waals surface area contributed by atoms with Gasteiger partial charge < -0.3 is 9.84 Å². The summed E-state index contributed by atoms with van der Waals surface area (Å²) in [5.41, 5.74) is 1.30. The number of rotatable bonds is 5. The van der Waals surface area contributed by atoms with Crippen molar-refractivity contribution in [3.8, 4) is 5.75 Å². The van der Waals surface area contributed by atoms with E-state index >= 15 is 0 Å². The monoisotopic (exact) mass is 449 g/mol. The van der Waals surface area contributed by atoms with Crippen molar-refractivity contribution >= 4 is 67.9 Å². The smallest absolute Gasteiger partial charge is 0.341 e. The lowest BCUT2D eigenvalue weighted by Crippen LogP contribution is -2.27. The average molecular weight is 450 g/mol. The highest BCUT2D eigenvalue weighted by Gasteiger charge is 2.33. The third-order valence-corrected chi connectivity index (χ3v) is 5.21. The van der Waals surface area contributed by atoms with Crippen LogP contribution in [0.3, 0.4) is 0 Å². The first kappa shape index (κ1) is 18.6. The first-order chi connectivity index (χ1) is 12.5. The van der Waals surface area contributed by atoms with Crippen molar-refractivity contribution in [3.05, 3.63) is 63.5 Å². The number of hydrogen-bond acceptors (Lipinski definition) is 5. The van der Waals surface area contributed by atoms with Gasteiger partial charge in [0.15, 0.2) is 10.9 Å². The number of benzene rings is 2. The van der Waals surface area contributed by atoms with Crippen molar-refractivity contribution in [1.29, 1.82) is 0 Å². The summed E-state index contributed by atoms with van der Waals surface area (Å²) in [7, 11) is 0. The van der Waals surface area contributed by atoms with Gasteiger partial charge in [0, 0.05) is 10.0 Å². The van der Waals surface area contributed by atoms with Crippen LogP contribution in [0.2, 0.25) is 0 Å². The fraction of sp³-hybridized carbons (Fsp3) is 0.0556. The predicted octanol–water partition coefficient (Wildman–Crippen LogP) is 4.32. The van der Waals surface area contributed by atoms with Crippen LogP contribution in [-0.4, -0.2) is 27.9 Å². The second kappa shape index (κ2) is 8.03. The van der Waals surface area contributed by atoms with Crippen LogP contribution >= 0.6 is 39.9 Å². The SMILES string of the molecule is O=C(O)COc1ccccc1/C=C1/SC(=S)N(c2cccc(Br)c2)C1=O. The van der Waals surface area contributed by atoms with Crippen molar-refractivity contribution in [3.63, 3.8) is 0 Å². The van der Waals surface area contributed by atoms with Crippen LogP contribution in [0.15, 0.2) is 57.9 Å². The molecule has 1 aliphatic heterocycles. The van der Waals surface area contributed by atoms with Crippen LogP contribution in [0.1, 0.15) is 5.56 Å². The normalized spacial score (nSPS) is 15.6. The number of carbonyl (C=O) groups excluding carboxylic acids is 1. The summed E-state index contributed by atoms with van der Waals surface area (Å²) in [4.78, 5) is 25.4. The molecule has 2 aromatic carbocycles. The number of thiocarbonyl (C=S) groups is 1. The third-order valence-electron chi connectivity index (χ3n) is 3.42. The van der Waals surface area contributed by atoms with Crippen molar-refractivity contribution in [2.45, 2.75) is 0 Å². The molecular formula is C18H12BrNO4S2. The number of nitrogens with zero attached hydrogens (tertiary/aromatic N) is 1. The third kappa shape index (κ3) is 4.14. The van der Waals surface area contributed by atoms with Gasteiger partial charge in [0.2, 0.25) is 0 Å². The lowest BCUT2D eigenvalue weighted by molar-refractivity contribution is -0.139. The van der Waals surface area contributed by atoms with Crippen molar-refractivity contribution in [1.82, 2.24) is 0 Å². The zero-order valence-corrected chi connectivity index (χ0v) is 16.4.